The van der Waals surface area contributed by atoms with Crippen LogP contribution < -0.4 is 4.90 Å². The van der Waals surface area contributed by atoms with E-state index in [1.54, 1.807) is 24.3 Å². The lowest BCUT2D eigenvalue weighted by atomic mass is 10.2. The van der Waals surface area contributed by atoms with Crippen molar-refractivity contribution in [2.45, 2.75) is 11.7 Å². The monoisotopic (exact) mass is 363 g/mol. The minimum absolute atomic E-state index is 0.0650. The molecule has 3 rings (SSSR count). The molecule has 0 N–H and O–H groups in total. The van der Waals surface area contributed by atoms with E-state index in [9.17, 15) is 13.2 Å². The van der Waals surface area contributed by atoms with Crippen LogP contribution in [0.4, 0.5) is 17.1 Å². The molecule has 1 heterocycles. The Kier molecular flexibility index (Phi) is 4.64. The zero-order chi connectivity index (χ0) is 17.2. The summed E-state index contributed by atoms with van der Waals surface area (Å²) in [5, 5.41) is 7.36. The zero-order valence-electron chi connectivity index (χ0n) is 12.5. The molecule has 1 saturated heterocycles. The number of anilines is 1. The predicted molar refractivity (Wildman–Crippen MR) is 92.6 cm³/mol. The molecule has 0 aliphatic carbocycles. The Labute approximate surface area is 144 Å². The van der Waals surface area contributed by atoms with Gasteiger partial charge in [0.2, 0.25) is 15.0 Å². The van der Waals surface area contributed by atoms with Gasteiger partial charge in [0.15, 0.2) is 0 Å². The fourth-order valence-corrected chi connectivity index (χ4v) is 3.45. The van der Waals surface area contributed by atoms with Crippen LogP contribution in [0.25, 0.3) is 0 Å². The first-order valence-corrected chi connectivity index (χ1v) is 9.61. The van der Waals surface area contributed by atoms with E-state index in [1.807, 2.05) is 30.3 Å². The minimum atomic E-state index is -3.75. The fourth-order valence-electron chi connectivity index (χ4n) is 2.42. The minimum Gasteiger partial charge on any atom is -0.311 e. The van der Waals surface area contributed by atoms with Gasteiger partial charge in [-0.05, 0) is 36.4 Å². The molecule has 0 spiro atoms. The van der Waals surface area contributed by atoms with Crippen molar-refractivity contribution in [3.63, 3.8) is 0 Å². The van der Waals surface area contributed by atoms with Gasteiger partial charge in [-0.2, -0.15) is 10.2 Å². The molecular formula is C16H14ClN3O3S. The van der Waals surface area contributed by atoms with E-state index in [4.69, 9.17) is 10.7 Å². The molecule has 1 unspecified atom stereocenters. The van der Waals surface area contributed by atoms with Gasteiger partial charge in [-0.1, -0.05) is 18.2 Å². The number of carbonyl (C=O) groups is 1. The molecule has 0 bridgehead atoms. The summed E-state index contributed by atoms with van der Waals surface area (Å²) in [6.45, 7) is 0.0650. The molecule has 2 aromatic rings. The summed E-state index contributed by atoms with van der Waals surface area (Å²) in [7, 11) is 1.60. The van der Waals surface area contributed by atoms with E-state index >= 15 is 0 Å². The molecule has 8 heteroatoms. The van der Waals surface area contributed by atoms with Gasteiger partial charge in [0.25, 0.3) is 0 Å². The van der Waals surface area contributed by atoms with Gasteiger partial charge in [0.1, 0.15) is 5.25 Å². The normalized spacial score (nSPS) is 18.5. The quantitative estimate of drug-likeness (QED) is 0.612. The van der Waals surface area contributed by atoms with Crippen molar-refractivity contribution in [3.8, 4) is 0 Å². The highest BCUT2D eigenvalue weighted by Gasteiger charge is 2.37. The Hall–Kier alpha value is -2.25. The number of amides is 1. The standard InChI is InChI=1S/C16H14ClN3O3S/c17-24(22,23)15-10-16(21)20(11-15)14-8-6-13(7-9-14)19-18-12-4-2-1-3-5-12/h1-9,15H,10-11H2. The van der Waals surface area contributed by atoms with E-state index in [1.165, 1.54) is 4.90 Å². The van der Waals surface area contributed by atoms with E-state index in [0.29, 0.717) is 11.4 Å². The van der Waals surface area contributed by atoms with Gasteiger partial charge in [0, 0.05) is 29.3 Å². The van der Waals surface area contributed by atoms with Crippen molar-refractivity contribution in [3.05, 3.63) is 54.6 Å². The molecule has 1 aliphatic heterocycles. The van der Waals surface area contributed by atoms with Crippen LogP contribution in [-0.2, 0) is 13.8 Å². The number of carbonyl (C=O) groups excluding carboxylic acids is 1. The Balaban J connectivity index is 1.73. The molecule has 24 heavy (non-hydrogen) atoms. The fraction of sp³-hybridized carbons (Fsp3) is 0.188. The third-order valence-electron chi connectivity index (χ3n) is 3.69. The number of rotatable bonds is 4. The lowest BCUT2D eigenvalue weighted by molar-refractivity contribution is -0.117. The first-order valence-electron chi connectivity index (χ1n) is 7.24. The number of halogens is 1. The maximum absolute atomic E-state index is 12.0. The van der Waals surface area contributed by atoms with Gasteiger partial charge in [-0.25, -0.2) is 8.42 Å². The molecule has 0 saturated carbocycles. The Bertz CT molecular complexity index is 867. The molecule has 2 aromatic carbocycles. The summed E-state index contributed by atoms with van der Waals surface area (Å²) in [6.07, 6.45) is -0.0959. The molecule has 0 aromatic heterocycles. The topological polar surface area (TPSA) is 79.2 Å². The van der Waals surface area contributed by atoms with E-state index in [0.717, 1.165) is 5.69 Å². The second-order valence-electron chi connectivity index (χ2n) is 5.36. The van der Waals surface area contributed by atoms with Gasteiger partial charge in [-0.15, -0.1) is 0 Å². The lowest BCUT2D eigenvalue weighted by Gasteiger charge is -2.16. The number of nitrogens with zero attached hydrogens (tertiary/aromatic N) is 3. The molecule has 124 valence electrons. The van der Waals surface area contributed by atoms with Crippen LogP contribution in [0.2, 0.25) is 0 Å². The summed E-state index contributed by atoms with van der Waals surface area (Å²) in [6, 6.07) is 16.2. The second-order valence-corrected chi connectivity index (χ2v) is 8.27. The predicted octanol–water partition coefficient (Wildman–Crippen LogP) is 3.78. The first-order chi connectivity index (χ1) is 11.4. The van der Waals surface area contributed by atoms with Crippen molar-refractivity contribution in [1.82, 2.24) is 0 Å². The van der Waals surface area contributed by atoms with Crippen LogP contribution in [0.3, 0.4) is 0 Å². The molecule has 1 aliphatic rings. The summed E-state index contributed by atoms with van der Waals surface area (Å²) in [5.41, 5.74) is 1.99. The lowest BCUT2D eigenvalue weighted by Crippen LogP contribution is -2.26. The van der Waals surface area contributed by atoms with Crippen molar-refractivity contribution in [2.24, 2.45) is 10.2 Å². The average Bonchev–Trinajstić information content (AvgIpc) is 2.97. The summed E-state index contributed by atoms with van der Waals surface area (Å²) in [5.74, 6) is -0.261. The third kappa shape index (κ3) is 3.80. The van der Waals surface area contributed by atoms with Crippen molar-refractivity contribution in [2.75, 3.05) is 11.4 Å². The maximum Gasteiger partial charge on any atom is 0.237 e. The van der Waals surface area contributed by atoms with Gasteiger partial charge < -0.3 is 4.90 Å². The Morgan fingerprint density at radius 2 is 1.54 bits per heavy atom. The van der Waals surface area contributed by atoms with E-state index in [-0.39, 0.29) is 18.9 Å². The molecular weight excluding hydrogens is 350 g/mol. The number of hydrogen-bond acceptors (Lipinski definition) is 5. The van der Waals surface area contributed by atoms with Crippen LogP contribution in [0.15, 0.2) is 64.8 Å². The van der Waals surface area contributed by atoms with E-state index < -0.39 is 14.3 Å². The summed E-state index contributed by atoms with van der Waals surface area (Å²) < 4.78 is 22.8. The highest BCUT2D eigenvalue weighted by molar-refractivity contribution is 8.14. The van der Waals surface area contributed by atoms with Crippen molar-refractivity contribution >= 4 is 42.7 Å². The maximum atomic E-state index is 12.0. The van der Waals surface area contributed by atoms with Gasteiger partial charge in [0.05, 0.1) is 11.4 Å². The first kappa shape index (κ1) is 16.6. The molecule has 1 amide bonds. The summed E-state index contributed by atoms with van der Waals surface area (Å²) >= 11 is 0. The number of hydrogen-bond donors (Lipinski definition) is 0. The van der Waals surface area contributed by atoms with Crippen molar-refractivity contribution < 1.29 is 13.2 Å². The zero-order valence-corrected chi connectivity index (χ0v) is 14.1. The SMILES string of the molecule is O=C1CC(S(=O)(=O)Cl)CN1c1ccc(N=Nc2ccccc2)cc1. The highest BCUT2D eigenvalue weighted by atomic mass is 35.7. The molecule has 1 atom stereocenters. The van der Waals surface area contributed by atoms with Crippen LogP contribution in [0.5, 0.6) is 0 Å². The van der Waals surface area contributed by atoms with Crippen LogP contribution in [-0.4, -0.2) is 26.1 Å². The van der Waals surface area contributed by atoms with Crippen LogP contribution in [0, 0.1) is 0 Å². The largest absolute Gasteiger partial charge is 0.311 e. The molecule has 6 nitrogen and oxygen atoms in total. The molecule has 0 radical (unpaired) electrons. The van der Waals surface area contributed by atoms with Gasteiger partial charge in [-0.3, -0.25) is 4.79 Å². The Morgan fingerprint density at radius 1 is 0.958 bits per heavy atom. The van der Waals surface area contributed by atoms with E-state index in [2.05, 4.69) is 10.2 Å². The molecule has 1 fully saturated rings. The average molecular weight is 364 g/mol. The van der Waals surface area contributed by atoms with Gasteiger partial charge >= 0.3 is 0 Å². The summed E-state index contributed by atoms with van der Waals surface area (Å²) in [4.78, 5) is 13.4. The number of azo groups is 1. The third-order valence-corrected chi connectivity index (χ3v) is 5.55. The van der Waals surface area contributed by atoms with Crippen LogP contribution in [0.1, 0.15) is 6.42 Å². The highest BCUT2D eigenvalue weighted by Crippen LogP contribution is 2.28. The van der Waals surface area contributed by atoms with Crippen molar-refractivity contribution in [1.29, 1.82) is 0 Å². The Morgan fingerprint density at radius 3 is 2.08 bits per heavy atom. The second kappa shape index (κ2) is 6.70. The van der Waals surface area contributed by atoms with Crippen LogP contribution >= 0.6 is 10.7 Å². The smallest absolute Gasteiger partial charge is 0.237 e. The number of benzene rings is 2.